The molecule has 3 heteroatoms. The third kappa shape index (κ3) is 2.74. The molecule has 2 nitrogen and oxygen atoms in total. The van der Waals surface area contributed by atoms with Crippen molar-refractivity contribution in [2.75, 3.05) is 23.7 Å². The van der Waals surface area contributed by atoms with Crippen molar-refractivity contribution in [1.82, 2.24) is 0 Å². The minimum atomic E-state index is 0.687. The van der Waals surface area contributed by atoms with E-state index in [9.17, 15) is 0 Å². The number of anilines is 2. The van der Waals surface area contributed by atoms with Crippen molar-refractivity contribution in [3.63, 3.8) is 0 Å². The number of nitrogens with two attached hydrogens (primary N) is 1. The van der Waals surface area contributed by atoms with Crippen molar-refractivity contribution >= 4 is 23.0 Å². The second kappa shape index (κ2) is 4.65. The van der Waals surface area contributed by atoms with E-state index in [2.05, 4.69) is 17.9 Å². The summed E-state index contributed by atoms with van der Waals surface area (Å²) >= 11 is 6.18. The number of benzene rings is 1. The van der Waals surface area contributed by atoms with Gasteiger partial charge in [0.15, 0.2) is 0 Å². The zero-order valence-electron chi connectivity index (χ0n) is 11.0. The highest BCUT2D eigenvalue weighted by Crippen LogP contribution is 2.38. The third-order valence-corrected chi connectivity index (χ3v) is 4.33. The molecule has 1 aromatic carbocycles. The van der Waals surface area contributed by atoms with Crippen molar-refractivity contribution in [3.05, 3.63) is 22.7 Å². The van der Waals surface area contributed by atoms with E-state index in [1.807, 2.05) is 6.07 Å². The molecule has 0 atom stereocenters. The largest absolute Gasteiger partial charge is 0.398 e. The Morgan fingerprint density at radius 1 is 1.17 bits per heavy atom. The van der Waals surface area contributed by atoms with Crippen LogP contribution in [0.25, 0.3) is 0 Å². The fourth-order valence-corrected chi connectivity index (χ4v) is 2.69. The van der Waals surface area contributed by atoms with E-state index < -0.39 is 0 Å². The lowest BCUT2D eigenvalue weighted by Crippen LogP contribution is -2.28. The maximum absolute atomic E-state index is 6.18. The van der Waals surface area contributed by atoms with Crippen LogP contribution in [0.3, 0.4) is 0 Å². The molecule has 0 radical (unpaired) electrons. The van der Waals surface area contributed by atoms with Crippen LogP contribution in [0.5, 0.6) is 0 Å². The molecule has 2 saturated carbocycles. The number of aryl methyl sites for hydroxylation is 1. The second-order valence-electron chi connectivity index (χ2n) is 5.95. The first-order valence-corrected chi connectivity index (χ1v) is 7.32. The van der Waals surface area contributed by atoms with Gasteiger partial charge in [0.1, 0.15) is 0 Å². The van der Waals surface area contributed by atoms with Crippen LogP contribution in [0, 0.1) is 18.8 Å². The van der Waals surface area contributed by atoms with E-state index >= 15 is 0 Å². The summed E-state index contributed by atoms with van der Waals surface area (Å²) in [7, 11) is 0. The monoisotopic (exact) mass is 264 g/mol. The maximum atomic E-state index is 6.18. The Balaban J connectivity index is 1.84. The van der Waals surface area contributed by atoms with Crippen molar-refractivity contribution in [2.24, 2.45) is 11.8 Å². The minimum Gasteiger partial charge on any atom is -0.398 e. The molecule has 0 saturated heterocycles. The van der Waals surface area contributed by atoms with Crippen molar-refractivity contribution in [2.45, 2.75) is 32.6 Å². The van der Waals surface area contributed by atoms with Gasteiger partial charge in [0.2, 0.25) is 0 Å². The molecule has 2 aliphatic carbocycles. The predicted molar refractivity (Wildman–Crippen MR) is 78.3 cm³/mol. The Hall–Kier alpha value is -0.890. The van der Waals surface area contributed by atoms with Gasteiger partial charge in [-0.3, -0.25) is 0 Å². The topological polar surface area (TPSA) is 29.3 Å². The van der Waals surface area contributed by atoms with Crippen molar-refractivity contribution < 1.29 is 0 Å². The first-order valence-electron chi connectivity index (χ1n) is 6.94. The fraction of sp³-hybridized carbons (Fsp3) is 0.600. The average Bonchev–Trinajstić information content (AvgIpc) is 3.17. The molecule has 0 aromatic heterocycles. The van der Waals surface area contributed by atoms with E-state index in [0.29, 0.717) is 10.7 Å². The van der Waals surface area contributed by atoms with Gasteiger partial charge in [0.05, 0.1) is 10.7 Å². The zero-order valence-corrected chi connectivity index (χ0v) is 11.7. The number of hydrogen-bond donors (Lipinski definition) is 1. The summed E-state index contributed by atoms with van der Waals surface area (Å²) < 4.78 is 0. The number of nitrogens with zero attached hydrogens (tertiary/aromatic N) is 1. The summed E-state index contributed by atoms with van der Waals surface area (Å²) in [5.41, 5.74) is 9.09. The SMILES string of the molecule is Cc1cc(N)c(Cl)cc1N(CC1CC1)CC1CC1. The molecule has 0 heterocycles. The molecule has 0 spiro atoms. The minimum absolute atomic E-state index is 0.687. The van der Waals surface area contributed by atoms with E-state index in [0.717, 1.165) is 11.8 Å². The fourth-order valence-electron chi connectivity index (χ4n) is 2.53. The molecule has 2 fully saturated rings. The highest BCUT2D eigenvalue weighted by molar-refractivity contribution is 6.33. The lowest BCUT2D eigenvalue weighted by atomic mass is 10.1. The first kappa shape index (κ1) is 12.2. The van der Waals surface area contributed by atoms with Gasteiger partial charge in [-0.25, -0.2) is 0 Å². The quantitative estimate of drug-likeness (QED) is 0.819. The standard InChI is InChI=1S/C15H21ClN2/c1-10-6-14(17)13(16)7-15(10)18(8-11-2-3-11)9-12-4-5-12/h6-7,11-12H,2-5,8-9,17H2,1H3. The lowest BCUT2D eigenvalue weighted by molar-refractivity contribution is 0.678. The van der Waals surface area contributed by atoms with Crippen molar-refractivity contribution in [3.8, 4) is 0 Å². The Bertz CT molecular complexity index is 436. The molecule has 2 aliphatic rings. The number of hydrogen-bond acceptors (Lipinski definition) is 2. The Morgan fingerprint density at radius 3 is 2.22 bits per heavy atom. The summed E-state index contributed by atoms with van der Waals surface area (Å²) in [6, 6.07) is 4.06. The van der Waals surface area contributed by atoms with Crippen LogP contribution in [-0.4, -0.2) is 13.1 Å². The molecular formula is C15H21ClN2. The summed E-state index contributed by atoms with van der Waals surface area (Å²) in [4.78, 5) is 2.54. The van der Waals surface area contributed by atoms with Gasteiger partial charge in [0.25, 0.3) is 0 Å². The van der Waals surface area contributed by atoms with E-state index in [-0.39, 0.29) is 0 Å². The zero-order chi connectivity index (χ0) is 12.7. The number of rotatable bonds is 5. The number of nitrogen functional groups attached to an aromatic ring is 1. The summed E-state index contributed by atoms with van der Waals surface area (Å²) in [6.45, 7) is 4.52. The smallest absolute Gasteiger partial charge is 0.0656 e. The van der Waals surface area contributed by atoms with Crippen LogP contribution in [0.15, 0.2) is 12.1 Å². The molecule has 2 N–H and O–H groups in total. The molecule has 0 aliphatic heterocycles. The summed E-state index contributed by atoms with van der Waals surface area (Å²) in [5.74, 6) is 1.80. The summed E-state index contributed by atoms with van der Waals surface area (Å²) in [5, 5.41) is 0.687. The Kier molecular flexibility index (Phi) is 3.14. The van der Waals surface area contributed by atoms with Gasteiger partial charge < -0.3 is 10.6 Å². The molecule has 0 amide bonds. The van der Waals surface area contributed by atoms with Crippen LogP contribution in [-0.2, 0) is 0 Å². The van der Waals surface area contributed by atoms with Crippen molar-refractivity contribution in [1.29, 1.82) is 0 Å². The van der Waals surface area contributed by atoms with E-state index in [1.54, 1.807) is 0 Å². The van der Waals surface area contributed by atoms with Crippen LogP contribution in [0.1, 0.15) is 31.2 Å². The Labute approximate surface area is 114 Å². The predicted octanol–water partition coefficient (Wildman–Crippen LogP) is 3.86. The van der Waals surface area contributed by atoms with E-state index in [4.69, 9.17) is 17.3 Å². The number of halogens is 1. The van der Waals surface area contributed by atoms with Gasteiger partial charge in [-0.15, -0.1) is 0 Å². The Morgan fingerprint density at radius 2 is 1.72 bits per heavy atom. The average molecular weight is 265 g/mol. The third-order valence-electron chi connectivity index (χ3n) is 4.01. The highest BCUT2D eigenvalue weighted by atomic mass is 35.5. The van der Waals surface area contributed by atoms with Gasteiger partial charge in [-0.2, -0.15) is 0 Å². The molecular weight excluding hydrogens is 244 g/mol. The first-order chi connectivity index (χ1) is 8.63. The molecule has 1 aromatic rings. The lowest BCUT2D eigenvalue weighted by Gasteiger charge is -2.27. The van der Waals surface area contributed by atoms with Crippen LogP contribution >= 0.6 is 11.6 Å². The maximum Gasteiger partial charge on any atom is 0.0656 e. The summed E-state index contributed by atoms with van der Waals surface area (Å²) in [6.07, 6.45) is 5.57. The molecule has 0 unspecified atom stereocenters. The van der Waals surface area contributed by atoms with Crippen LogP contribution < -0.4 is 10.6 Å². The van der Waals surface area contributed by atoms with Crippen LogP contribution in [0.4, 0.5) is 11.4 Å². The highest BCUT2D eigenvalue weighted by Gasteiger charge is 2.30. The van der Waals surface area contributed by atoms with E-state index in [1.165, 1.54) is 50.0 Å². The van der Waals surface area contributed by atoms with Gasteiger partial charge in [-0.05, 0) is 62.1 Å². The molecule has 0 bridgehead atoms. The van der Waals surface area contributed by atoms with Gasteiger partial charge in [-0.1, -0.05) is 11.6 Å². The molecule has 3 rings (SSSR count). The van der Waals surface area contributed by atoms with Gasteiger partial charge in [0, 0.05) is 18.8 Å². The second-order valence-corrected chi connectivity index (χ2v) is 6.36. The van der Waals surface area contributed by atoms with Gasteiger partial charge >= 0.3 is 0 Å². The normalized spacial score (nSPS) is 19.0. The van der Waals surface area contributed by atoms with Crippen LogP contribution in [0.2, 0.25) is 5.02 Å². The molecule has 18 heavy (non-hydrogen) atoms. The molecule has 98 valence electrons.